The fourth-order valence-corrected chi connectivity index (χ4v) is 2.99. The van der Waals surface area contributed by atoms with E-state index in [9.17, 15) is 0 Å². The molecule has 0 bridgehead atoms. The van der Waals surface area contributed by atoms with Gasteiger partial charge < -0.3 is 5.73 Å². The van der Waals surface area contributed by atoms with Gasteiger partial charge in [-0.05, 0) is 42.7 Å². The Morgan fingerprint density at radius 3 is 2.93 bits per heavy atom. The van der Waals surface area contributed by atoms with E-state index in [1.807, 2.05) is 0 Å². The molecule has 2 rings (SSSR count). The SMILES string of the molecule is CC(C)N1CCC(N)C1c1ccsc1. The Kier molecular flexibility index (Phi) is 2.91. The normalized spacial score (nSPS) is 28.9. The van der Waals surface area contributed by atoms with E-state index in [2.05, 4.69) is 35.6 Å². The lowest BCUT2D eigenvalue weighted by Gasteiger charge is -2.29. The molecule has 3 heteroatoms. The Balaban J connectivity index is 2.22. The third-order valence-corrected chi connectivity index (χ3v) is 3.73. The van der Waals surface area contributed by atoms with Crippen molar-refractivity contribution in [2.75, 3.05) is 6.54 Å². The van der Waals surface area contributed by atoms with E-state index in [1.54, 1.807) is 11.3 Å². The Morgan fingerprint density at radius 1 is 1.57 bits per heavy atom. The first kappa shape index (κ1) is 10.1. The fourth-order valence-electron chi connectivity index (χ4n) is 2.30. The maximum atomic E-state index is 6.16. The molecule has 2 heterocycles. The van der Waals surface area contributed by atoms with Crippen LogP contribution in [-0.2, 0) is 0 Å². The van der Waals surface area contributed by atoms with E-state index in [4.69, 9.17) is 5.73 Å². The molecule has 0 spiro atoms. The summed E-state index contributed by atoms with van der Waals surface area (Å²) in [5.74, 6) is 0. The molecule has 1 saturated heterocycles. The van der Waals surface area contributed by atoms with Gasteiger partial charge in [0, 0.05) is 18.6 Å². The monoisotopic (exact) mass is 210 g/mol. The first-order chi connectivity index (χ1) is 6.70. The summed E-state index contributed by atoms with van der Waals surface area (Å²) in [5.41, 5.74) is 7.56. The molecule has 14 heavy (non-hydrogen) atoms. The number of likely N-dealkylation sites (tertiary alicyclic amines) is 1. The molecule has 0 saturated carbocycles. The van der Waals surface area contributed by atoms with Crippen LogP contribution in [0.15, 0.2) is 16.8 Å². The van der Waals surface area contributed by atoms with Crippen molar-refractivity contribution < 1.29 is 0 Å². The van der Waals surface area contributed by atoms with Gasteiger partial charge in [0.1, 0.15) is 0 Å². The van der Waals surface area contributed by atoms with Crippen molar-refractivity contribution in [3.63, 3.8) is 0 Å². The minimum Gasteiger partial charge on any atom is -0.326 e. The first-order valence-corrected chi connectivity index (χ1v) is 6.18. The number of thiophene rings is 1. The van der Waals surface area contributed by atoms with Gasteiger partial charge in [0.2, 0.25) is 0 Å². The number of nitrogens with zero attached hydrogens (tertiary/aromatic N) is 1. The maximum Gasteiger partial charge on any atom is 0.0510 e. The topological polar surface area (TPSA) is 29.3 Å². The average Bonchev–Trinajstić information content (AvgIpc) is 2.71. The van der Waals surface area contributed by atoms with Crippen LogP contribution >= 0.6 is 11.3 Å². The lowest BCUT2D eigenvalue weighted by Crippen LogP contribution is -2.35. The fraction of sp³-hybridized carbons (Fsp3) is 0.636. The molecule has 2 nitrogen and oxygen atoms in total. The van der Waals surface area contributed by atoms with E-state index in [0.717, 1.165) is 13.0 Å². The van der Waals surface area contributed by atoms with Gasteiger partial charge in [-0.1, -0.05) is 0 Å². The average molecular weight is 210 g/mol. The highest BCUT2D eigenvalue weighted by molar-refractivity contribution is 7.07. The van der Waals surface area contributed by atoms with Gasteiger partial charge in [-0.15, -0.1) is 0 Å². The third kappa shape index (κ3) is 1.72. The van der Waals surface area contributed by atoms with E-state index >= 15 is 0 Å². The molecule has 78 valence electrons. The lowest BCUT2D eigenvalue weighted by molar-refractivity contribution is 0.198. The minimum atomic E-state index is 0.312. The van der Waals surface area contributed by atoms with Crippen LogP contribution < -0.4 is 5.73 Å². The van der Waals surface area contributed by atoms with Crippen LogP contribution in [0.3, 0.4) is 0 Å². The zero-order valence-electron chi connectivity index (χ0n) is 8.81. The third-order valence-electron chi connectivity index (χ3n) is 3.03. The van der Waals surface area contributed by atoms with E-state index in [1.165, 1.54) is 5.56 Å². The summed E-state index contributed by atoms with van der Waals surface area (Å²) in [5, 5.41) is 4.37. The van der Waals surface area contributed by atoms with Crippen LogP contribution in [0.25, 0.3) is 0 Å². The van der Waals surface area contributed by atoms with E-state index < -0.39 is 0 Å². The first-order valence-electron chi connectivity index (χ1n) is 5.23. The summed E-state index contributed by atoms with van der Waals surface area (Å²) in [6.45, 7) is 5.63. The highest BCUT2D eigenvalue weighted by atomic mass is 32.1. The van der Waals surface area contributed by atoms with Gasteiger partial charge in [0.15, 0.2) is 0 Å². The minimum absolute atomic E-state index is 0.312. The molecule has 1 fully saturated rings. The van der Waals surface area contributed by atoms with Gasteiger partial charge in [-0.3, -0.25) is 4.90 Å². The Bertz CT molecular complexity index is 281. The summed E-state index contributed by atoms with van der Waals surface area (Å²) >= 11 is 1.76. The molecule has 0 aliphatic carbocycles. The second-order valence-corrected chi connectivity index (χ2v) is 5.07. The Morgan fingerprint density at radius 2 is 2.36 bits per heavy atom. The molecule has 2 N–H and O–H groups in total. The Labute approximate surface area is 89.7 Å². The summed E-state index contributed by atoms with van der Waals surface area (Å²) in [6, 6.07) is 3.55. The summed E-state index contributed by atoms with van der Waals surface area (Å²) in [6.07, 6.45) is 1.12. The van der Waals surface area contributed by atoms with Crippen LogP contribution in [0.2, 0.25) is 0 Å². The van der Waals surface area contributed by atoms with Crippen LogP contribution in [0.4, 0.5) is 0 Å². The summed E-state index contributed by atoms with van der Waals surface area (Å²) < 4.78 is 0. The van der Waals surface area contributed by atoms with Crippen molar-refractivity contribution in [3.05, 3.63) is 22.4 Å². The maximum absolute atomic E-state index is 6.16. The molecular formula is C11H18N2S. The molecule has 1 aliphatic rings. The van der Waals surface area contributed by atoms with Gasteiger partial charge in [0.05, 0.1) is 6.04 Å². The molecule has 2 unspecified atom stereocenters. The molecule has 0 amide bonds. The molecule has 2 atom stereocenters. The van der Waals surface area contributed by atoms with Crippen molar-refractivity contribution in [2.24, 2.45) is 5.73 Å². The molecule has 1 aromatic heterocycles. The largest absolute Gasteiger partial charge is 0.326 e. The quantitative estimate of drug-likeness (QED) is 0.811. The number of rotatable bonds is 2. The van der Waals surface area contributed by atoms with Crippen molar-refractivity contribution >= 4 is 11.3 Å². The van der Waals surface area contributed by atoms with Crippen molar-refractivity contribution in [1.29, 1.82) is 0 Å². The van der Waals surface area contributed by atoms with Gasteiger partial charge in [-0.25, -0.2) is 0 Å². The van der Waals surface area contributed by atoms with Gasteiger partial charge in [0.25, 0.3) is 0 Å². The standard InChI is InChI=1S/C11H18N2S/c1-8(2)13-5-3-10(12)11(13)9-4-6-14-7-9/h4,6-8,10-11H,3,5,12H2,1-2H3. The van der Waals surface area contributed by atoms with E-state index in [-0.39, 0.29) is 0 Å². The van der Waals surface area contributed by atoms with Crippen molar-refractivity contribution in [1.82, 2.24) is 4.90 Å². The van der Waals surface area contributed by atoms with Crippen LogP contribution in [-0.4, -0.2) is 23.5 Å². The zero-order valence-corrected chi connectivity index (χ0v) is 9.63. The lowest BCUT2D eigenvalue weighted by atomic mass is 10.0. The van der Waals surface area contributed by atoms with Gasteiger partial charge >= 0.3 is 0 Å². The number of hydrogen-bond acceptors (Lipinski definition) is 3. The van der Waals surface area contributed by atoms with Crippen LogP contribution in [0.5, 0.6) is 0 Å². The Hall–Kier alpha value is -0.380. The predicted octanol–water partition coefficient (Wildman–Crippen LogP) is 2.23. The highest BCUT2D eigenvalue weighted by Crippen LogP contribution is 2.33. The molecule has 0 radical (unpaired) electrons. The molecule has 1 aromatic rings. The number of hydrogen-bond donors (Lipinski definition) is 1. The second kappa shape index (κ2) is 4.01. The molecular weight excluding hydrogens is 192 g/mol. The highest BCUT2D eigenvalue weighted by Gasteiger charge is 2.34. The van der Waals surface area contributed by atoms with Crippen molar-refractivity contribution in [2.45, 2.75) is 38.4 Å². The smallest absolute Gasteiger partial charge is 0.0510 e. The molecule has 1 aliphatic heterocycles. The van der Waals surface area contributed by atoms with E-state index in [0.29, 0.717) is 18.1 Å². The zero-order chi connectivity index (χ0) is 10.1. The summed E-state index contributed by atoms with van der Waals surface area (Å²) in [4.78, 5) is 2.51. The van der Waals surface area contributed by atoms with Crippen LogP contribution in [0.1, 0.15) is 31.9 Å². The van der Waals surface area contributed by atoms with Crippen LogP contribution in [0, 0.1) is 0 Å². The van der Waals surface area contributed by atoms with Gasteiger partial charge in [-0.2, -0.15) is 11.3 Å². The second-order valence-electron chi connectivity index (χ2n) is 4.29. The molecule has 0 aromatic carbocycles. The predicted molar refractivity (Wildman–Crippen MR) is 61.5 cm³/mol. The van der Waals surface area contributed by atoms with Crippen molar-refractivity contribution in [3.8, 4) is 0 Å². The summed E-state index contributed by atoms with van der Waals surface area (Å²) in [7, 11) is 0. The number of nitrogens with two attached hydrogens (primary N) is 1.